The standard InChI is InChI=1S/C36H64/c1-3-5-7-8-9-10-11-12-13-14-15-16-17-18-19-20-21-22-23-27-33(26-6-4-2)36-31-30-34-28-24-25-29-35(34)32-36/h30-33H,3-29H2,1-2H3. The Balaban J connectivity index is 1.41. The Labute approximate surface area is 227 Å². The highest BCUT2D eigenvalue weighted by molar-refractivity contribution is 5.35. The molecule has 0 amide bonds. The van der Waals surface area contributed by atoms with E-state index in [1.807, 2.05) is 0 Å². The lowest BCUT2D eigenvalue weighted by Crippen LogP contribution is -2.06. The molecule has 1 unspecified atom stereocenters. The first-order valence-corrected chi connectivity index (χ1v) is 17.0. The summed E-state index contributed by atoms with van der Waals surface area (Å²) in [5.74, 6) is 0.808. The van der Waals surface area contributed by atoms with E-state index in [2.05, 4.69) is 32.0 Å². The van der Waals surface area contributed by atoms with Crippen molar-refractivity contribution in [3.63, 3.8) is 0 Å². The average Bonchev–Trinajstić information content (AvgIpc) is 2.91. The van der Waals surface area contributed by atoms with E-state index in [-0.39, 0.29) is 0 Å². The highest BCUT2D eigenvalue weighted by atomic mass is 14.2. The molecule has 1 aliphatic carbocycles. The molecule has 208 valence electrons. The highest BCUT2D eigenvalue weighted by Crippen LogP contribution is 2.32. The molecule has 0 heterocycles. The Bertz CT molecular complexity index is 614. The summed E-state index contributed by atoms with van der Waals surface area (Å²) in [6, 6.07) is 7.56. The van der Waals surface area contributed by atoms with Gasteiger partial charge in [-0.1, -0.05) is 167 Å². The summed E-state index contributed by atoms with van der Waals surface area (Å²) in [7, 11) is 0. The topological polar surface area (TPSA) is 0 Å². The van der Waals surface area contributed by atoms with Crippen molar-refractivity contribution in [2.24, 2.45) is 0 Å². The molecule has 36 heavy (non-hydrogen) atoms. The van der Waals surface area contributed by atoms with Crippen molar-refractivity contribution in [3.05, 3.63) is 34.9 Å². The van der Waals surface area contributed by atoms with Crippen LogP contribution in [0.15, 0.2) is 18.2 Å². The summed E-state index contributed by atoms with van der Waals surface area (Å²) in [4.78, 5) is 0. The number of hydrogen-bond donors (Lipinski definition) is 0. The van der Waals surface area contributed by atoms with Crippen molar-refractivity contribution in [1.29, 1.82) is 0 Å². The molecule has 0 saturated heterocycles. The van der Waals surface area contributed by atoms with E-state index in [1.54, 1.807) is 16.7 Å². The Morgan fingerprint density at radius 1 is 0.472 bits per heavy atom. The number of rotatable bonds is 24. The van der Waals surface area contributed by atoms with Gasteiger partial charge < -0.3 is 0 Å². The predicted molar refractivity (Wildman–Crippen MR) is 163 cm³/mol. The van der Waals surface area contributed by atoms with Gasteiger partial charge in [0.15, 0.2) is 0 Å². The van der Waals surface area contributed by atoms with Crippen LogP contribution in [0.4, 0.5) is 0 Å². The molecule has 0 aliphatic heterocycles. The molecule has 1 atom stereocenters. The van der Waals surface area contributed by atoms with Gasteiger partial charge >= 0.3 is 0 Å². The number of fused-ring (bicyclic) bond motifs is 1. The van der Waals surface area contributed by atoms with Gasteiger partial charge in [0.05, 0.1) is 0 Å². The molecule has 1 aromatic rings. The normalized spacial score (nSPS) is 14.2. The molecule has 0 heteroatoms. The molecule has 0 radical (unpaired) electrons. The van der Waals surface area contributed by atoms with E-state index in [4.69, 9.17) is 0 Å². The number of benzene rings is 1. The van der Waals surface area contributed by atoms with E-state index < -0.39 is 0 Å². The second-order valence-corrected chi connectivity index (χ2v) is 12.2. The zero-order valence-electron chi connectivity index (χ0n) is 24.9. The third kappa shape index (κ3) is 14.8. The fourth-order valence-electron chi connectivity index (χ4n) is 6.40. The van der Waals surface area contributed by atoms with Gasteiger partial charge in [0, 0.05) is 0 Å². The molecule has 1 aliphatic rings. The minimum atomic E-state index is 0.808. The molecule has 0 saturated carbocycles. The van der Waals surface area contributed by atoms with Crippen LogP contribution in [-0.4, -0.2) is 0 Å². The Morgan fingerprint density at radius 2 is 0.889 bits per heavy atom. The lowest BCUT2D eigenvalue weighted by Gasteiger charge is -2.22. The van der Waals surface area contributed by atoms with Gasteiger partial charge in [-0.15, -0.1) is 0 Å². The maximum atomic E-state index is 2.60. The number of aryl methyl sites for hydroxylation is 2. The fourth-order valence-corrected chi connectivity index (χ4v) is 6.40. The molecule has 0 bridgehead atoms. The average molecular weight is 497 g/mol. The van der Waals surface area contributed by atoms with Crippen molar-refractivity contribution >= 4 is 0 Å². The van der Waals surface area contributed by atoms with Crippen LogP contribution in [0.25, 0.3) is 0 Å². The molecule has 0 aromatic heterocycles. The van der Waals surface area contributed by atoms with E-state index in [0.29, 0.717) is 0 Å². The molecule has 0 nitrogen and oxygen atoms in total. The predicted octanol–water partition coefficient (Wildman–Crippen LogP) is 12.7. The van der Waals surface area contributed by atoms with Crippen molar-refractivity contribution in [2.45, 2.75) is 193 Å². The molecular weight excluding hydrogens is 432 g/mol. The van der Waals surface area contributed by atoms with Crippen molar-refractivity contribution in [3.8, 4) is 0 Å². The smallest absolute Gasteiger partial charge is 0.0162 e. The SMILES string of the molecule is CCCCCCCCCCCCCCCCCCCCCC(CCCC)c1ccc2c(c1)CCCC2. The van der Waals surface area contributed by atoms with Crippen LogP contribution in [0, 0.1) is 0 Å². The van der Waals surface area contributed by atoms with Crippen LogP contribution in [0.5, 0.6) is 0 Å². The van der Waals surface area contributed by atoms with Crippen LogP contribution >= 0.6 is 0 Å². The second-order valence-electron chi connectivity index (χ2n) is 12.2. The fraction of sp³-hybridized carbons (Fsp3) is 0.833. The first-order valence-electron chi connectivity index (χ1n) is 17.0. The summed E-state index contributed by atoms with van der Waals surface area (Å²) in [6.45, 7) is 4.66. The van der Waals surface area contributed by atoms with Crippen LogP contribution in [0.2, 0.25) is 0 Å². The minimum absolute atomic E-state index is 0.808. The first kappa shape index (κ1) is 31.4. The van der Waals surface area contributed by atoms with Crippen molar-refractivity contribution in [1.82, 2.24) is 0 Å². The molecular formula is C36H64. The molecule has 0 N–H and O–H groups in total. The third-order valence-electron chi connectivity index (χ3n) is 8.91. The minimum Gasteiger partial charge on any atom is -0.0654 e. The summed E-state index contributed by atoms with van der Waals surface area (Å²) >= 11 is 0. The van der Waals surface area contributed by atoms with E-state index >= 15 is 0 Å². The van der Waals surface area contributed by atoms with Crippen LogP contribution in [0.3, 0.4) is 0 Å². The van der Waals surface area contributed by atoms with Crippen LogP contribution in [0.1, 0.15) is 197 Å². The van der Waals surface area contributed by atoms with E-state index in [9.17, 15) is 0 Å². The Kier molecular flexibility index (Phi) is 19.4. The van der Waals surface area contributed by atoms with Gasteiger partial charge in [-0.05, 0) is 61.1 Å². The van der Waals surface area contributed by atoms with Gasteiger partial charge in [-0.3, -0.25) is 0 Å². The molecule has 1 aromatic carbocycles. The number of hydrogen-bond acceptors (Lipinski definition) is 0. The van der Waals surface area contributed by atoms with Gasteiger partial charge in [0.2, 0.25) is 0 Å². The zero-order chi connectivity index (χ0) is 25.5. The number of unbranched alkanes of at least 4 members (excludes halogenated alkanes) is 19. The lowest BCUT2D eigenvalue weighted by molar-refractivity contribution is 0.493. The van der Waals surface area contributed by atoms with Gasteiger partial charge in [0.25, 0.3) is 0 Å². The summed E-state index contributed by atoms with van der Waals surface area (Å²) in [6.07, 6.45) is 38.8. The lowest BCUT2D eigenvalue weighted by atomic mass is 9.84. The monoisotopic (exact) mass is 497 g/mol. The van der Waals surface area contributed by atoms with Crippen molar-refractivity contribution in [2.75, 3.05) is 0 Å². The molecule has 0 fully saturated rings. The van der Waals surface area contributed by atoms with Gasteiger partial charge in [-0.2, -0.15) is 0 Å². The Hall–Kier alpha value is -0.780. The van der Waals surface area contributed by atoms with Gasteiger partial charge in [-0.25, -0.2) is 0 Å². The quantitative estimate of drug-likeness (QED) is 0.125. The van der Waals surface area contributed by atoms with Crippen molar-refractivity contribution < 1.29 is 0 Å². The molecule has 0 spiro atoms. The third-order valence-corrected chi connectivity index (χ3v) is 8.91. The van der Waals surface area contributed by atoms with E-state index in [1.165, 1.54) is 173 Å². The van der Waals surface area contributed by atoms with Crippen LogP contribution in [-0.2, 0) is 12.8 Å². The zero-order valence-corrected chi connectivity index (χ0v) is 24.9. The highest BCUT2D eigenvalue weighted by Gasteiger charge is 2.15. The summed E-state index contributed by atoms with van der Waals surface area (Å²) in [5, 5.41) is 0. The maximum Gasteiger partial charge on any atom is -0.0162 e. The Morgan fingerprint density at radius 3 is 1.39 bits per heavy atom. The summed E-state index contributed by atoms with van der Waals surface area (Å²) in [5.41, 5.74) is 4.97. The second kappa shape index (κ2) is 22.2. The summed E-state index contributed by atoms with van der Waals surface area (Å²) < 4.78 is 0. The van der Waals surface area contributed by atoms with E-state index in [0.717, 1.165) is 5.92 Å². The van der Waals surface area contributed by atoms with Crippen LogP contribution < -0.4 is 0 Å². The molecule has 2 rings (SSSR count). The largest absolute Gasteiger partial charge is 0.0654 e. The first-order chi connectivity index (χ1) is 17.8. The van der Waals surface area contributed by atoms with Gasteiger partial charge in [0.1, 0.15) is 0 Å². The maximum absolute atomic E-state index is 2.60.